The Morgan fingerprint density at radius 1 is 1.13 bits per heavy atom. The Bertz CT molecular complexity index is 1020. The molecule has 0 fully saturated rings. The molecular formula is C16H16N2O3S2. The van der Waals surface area contributed by atoms with E-state index in [1.807, 2.05) is 19.1 Å². The van der Waals surface area contributed by atoms with Crippen LogP contribution in [0.2, 0.25) is 0 Å². The Hall–Kier alpha value is -2.12. The summed E-state index contributed by atoms with van der Waals surface area (Å²) < 4.78 is 29.4. The van der Waals surface area contributed by atoms with Gasteiger partial charge in [0.1, 0.15) is 0 Å². The number of hydrogen-bond acceptors (Lipinski definition) is 4. The van der Waals surface area contributed by atoms with Crippen LogP contribution in [0, 0.1) is 6.92 Å². The molecule has 0 aliphatic heterocycles. The van der Waals surface area contributed by atoms with Crippen molar-refractivity contribution in [1.29, 1.82) is 0 Å². The summed E-state index contributed by atoms with van der Waals surface area (Å²) in [5.41, 5.74) is 3.07. The lowest BCUT2D eigenvalue weighted by Gasteiger charge is -2.08. The van der Waals surface area contributed by atoms with Gasteiger partial charge in [0.15, 0.2) is 0 Å². The molecule has 0 unspecified atom stereocenters. The Labute approximate surface area is 138 Å². The number of thiazole rings is 1. The molecule has 0 aliphatic carbocycles. The second kappa shape index (κ2) is 5.82. The fraction of sp³-hybridized carbons (Fsp3) is 0.188. The van der Waals surface area contributed by atoms with Gasteiger partial charge in [-0.3, -0.25) is 9.52 Å². The Kier molecular flexibility index (Phi) is 3.99. The van der Waals surface area contributed by atoms with Gasteiger partial charge in [-0.25, -0.2) is 8.42 Å². The highest BCUT2D eigenvalue weighted by atomic mass is 32.2. The minimum Gasteiger partial charge on any atom is -0.302 e. The Morgan fingerprint density at radius 3 is 2.52 bits per heavy atom. The first-order chi connectivity index (χ1) is 10.8. The van der Waals surface area contributed by atoms with Crippen LogP contribution in [0.25, 0.3) is 10.2 Å². The zero-order chi connectivity index (χ0) is 16.6. The molecule has 0 bridgehead atoms. The van der Waals surface area contributed by atoms with Crippen molar-refractivity contribution in [3.05, 3.63) is 63.3 Å². The predicted molar refractivity (Wildman–Crippen MR) is 94.5 cm³/mol. The van der Waals surface area contributed by atoms with Crippen LogP contribution < -0.4 is 9.60 Å². The van der Waals surface area contributed by atoms with Crippen molar-refractivity contribution in [2.45, 2.75) is 12.7 Å². The molecule has 0 radical (unpaired) electrons. The number of aryl methyl sites for hydroxylation is 2. The van der Waals surface area contributed by atoms with Crippen LogP contribution in [-0.2, 0) is 22.8 Å². The van der Waals surface area contributed by atoms with Crippen LogP contribution in [0.4, 0.5) is 5.69 Å². The lowest BCUT2D eigenvalue weighted by Crippen LogP contribution is -2.15. The van der Waals surface area contributed by atoms with Crippen molar-refractivity contribution in [3.8, 4) is 0 Å². The molecule has 5 nitrogen and oxygen atoms in total. The molecule has 120 valence electrons. The van der Waals surface area contributed by atoms with Gasteiger partial charge in [0.25, 0.3) is 0 Å². The minimum atomic E-state index is -3.50. The molecule has 1 N–H and O–H groups in total. The number of nitrogens with one attached hydrogen (secondary N) is 1. The number of rotatable bonds is 4. The smallest absolute Gasteiger partial charge is 0.302 e. The van der Waals surface area contributed by atoms with Crippen molar-refractivity contribution in [2.24, 2.45) is 7.05 Å². The first-order valence-electron chi connectivity index (χ1n) is 7.00. The third kappa shape index (κ3) is 3.46. The summed E-state index contributed by atoms with van der Waals surface area (Å²) in [5, 5.41) is 0. The van der Waals surface area contributed by atoms with E-state index in [1.54, 1.807) is 41.9 Å². The van der Waals surface area contributed by atoms with E-state index in [0.29, 0.717) is 5.69 Å². The summed E-state index contributed by atoms with van der Waals surface area (Å²) in [5.74, 6) is -0.0870. The fourth-order valence-electron chi connectivity index (χ4n) is 2.32. The molecule has 0 saturated carbocycles. The number of benzene rings is 2. The van der Waals surface area contributed by atoms with Crippen LogP contribution in [0.5, 0.6) is 0 Å². The maximum atomic E-state index is 12.3. The summed E-state index contributed by atoms with van der Waals surface area (Å²) >= 11 is 1.10. The maximum absolute atomic E-state index is 12.3. The molecule has 0 saturated heterocycles. The molecule has 0 aliphatic rings. The van der Waals surface area contributed by atoms with Crippen LogP contribution in [0.3, 0.4) is 0 Å². The van der Waals surface area contributed by atoms with Gasteiger partial charge < -0.3 is 4.57 Å². The third-order valence-corrected chi connectivity index (χ3v) is 5.80. The Balaban J connectivity index is 1.85. The van der Waals surface area contributed by atoms with Gasteiger partial charge in [0.2, 0.25) is 10.0 Å². The number of fused-ring (bicyclic) bond motifs is 1. The Morgan fingerprint density at radius 2 is 1.83 bits per heavy atom. The minimum absolute atomic E-state index is 0.0698. The molecule has 7 heteroatoms. The fourth-order valence-corrected chi connectivity index (χ4v) is 4.43. The zero-order valence-corrected chi connectivity index (χ0v) is 14.4. The predicted octanol–water partition coefficient (Wildman–Crippen LogP) is 2.85. The average molecular weight is 348 g/mol. The van der Waals surface area contributed by atoms with E-state index in [4.69, 9.17) is 0 Å². The number of nitrogens with zero attached hydrogens (tertiary/aromatic N) is 1. The quantitative estimate of drug-likeness (QED) is 0.788. The van der Waals surface area contributed by atoms with Gasteiger partial charge in [-0.2, -0.15) is 0 Å². The molecule has 0 spiro atoms. The van der Waals surface area contributed by atoms with Gasteiger partial charge >= 0.3 is 4.87 Å². The van der Waals surface area contributed by atoms with Gasteiger partial charge in [-0.05, 0) is 30.7 Å². The summed E-state index contributed by atoms with van der Waals surface area (Å²) in [6.07, 6.45) is 0. The van der Waals surface area contributed by atoms with Gasteiger partial charge in [0.05, 0.1) is 21.7 Å². The van der Waals surface area contributed by atoms with Crippen molar-refractivity contribution in [3.63, 3.8) is 0 Å². The van der Waals surface area contributed by atoms with E-state index in [1.165, 1.54) is 0 Å². The van der Waals surface area contributed by atoms with Crippen LogP contribution in [0.15, 0.2) is 47.3 Å². The summed E-state index contributed by atoms with van der Waals surface area (Å²) in [7, 11) is -1.81. The molecule has 3 rings (SSSR count). The first kappa shape index (κ1) is 15.8. The van der Waals surface area contributed by atoms with E-state index in [0.717, 1.165) is 32.7 Å². The van der Waals surface area contributed by atoms with Crippen LogP contribution >= 0.6 is 11.3 Å². The molecular weight excluding hydrogens is 332 g/mol. The SMILES string of the molecule is Cc1ccc(CS(=O)(=O)Nc2ccc3c(c2)sc(=O)n3C)cc1. The van der Waals surface area contributed by atoms with Crippen molar-refractivity contribution < 1.29 is 8.42 Å². The highest BCUT2D eigenvalue weighted by Crippen LogP contribution is 2.22. The van der Waals surface area contributed by atoms with E-state index < -0.39 is 10.0 Å². The maximum Gasteiger partial charge on any atom is 0.307 e. The number of sulfonamides is 1. The van der Waals surface area contributed by atoms with E-state index in [2.05, 4.69) is 4.72 Å². The third-order valence-electron chi connectivity index (χ3n) is 3.54. The highest BCUT2D eigenvalue weighted by Gasteiger charge is 2.13. The highest BCUT2D eigenvalue weighted by molar-refractivity contribution is 7.91. The topological polar surface area (TPSA) is 68.2 Å². The van der Waals surface area contributed by atoms with E-state index in [-0.39, 0.29) is 10.6 Å². The van der Waals surface area contributed by atoms with Gasteiger partial charge in [-0.15, -0.1) is 0 Å². The molecule has 0 amide bonds. The van der Waals surface area contributed by atoms with Crippen LogP contribution in [0.1, 0.15) is 11.1 Å². The normalized spacial score (nSPS) is 11.7. The monoisotopic (exact) mass is 348 g/mol. The summed E-state index contributed by atoms with van der Waals surface area (Å²) in [4.78, 5) is 11.6. The largest absolute Gasteiger partial charge is 0.307 e. The van der Waals surface area contributed by atoms with E-state index >= 15 is 0 Å². The lowest BCUT2D eigenvalue weighted by atomic mass is 10.2. The van der Waals surface area contributed by atoms with Crippen molar-refractivity contribution in [2.75, 3.05) is 4.72 Å². The standard InChI is InChI=1S/C16H16N2O3S2/c1-11-3-5-12(6-4-11)10-23(20,21)17-13-7-8-14-15(9-13)22-16(19)18(14)2/h3-9,17H,10H2,1-2H3. The second-order valence-electron chi connectivity index (χ2n) is 5.46. The van der Waals surface area contributed by atoms with Gasteiger partial charge in [-0.1, -0.05) is 41.2 Å². The molecule has 3 aromatic rings. The number of hydrogen-bond donors (Lipinski definition) is 1. The molecule has 1 heterocycles. The molecule has 0 atom stereocenters. The zero-order valence-electron chi connectivity index (χ0n) is 12.7. The molecule has 23 heavy (non-hydrogen) atoms. The molecule has 1 aromatic heterocycles. The van der Waals surface area contributed by atoms with Crippen molar-refractivity contribution >= 4 is 37.3 Å². The number of anilines is 1. The molecule has 2 aromatic carbocycles. The summed E-state index contributed by atoms with van der Waals surface area (Å²) in [6.45, 7) is 1.96. The summed E-state index contributed by atoms with van der Waals surface area (Å²) in [6, 6.07) is 12.5. The number of aromatic nitrogens is 1. The lowest BCUT2D eigenvalue weighted by molar-refractivity contribution is 0.600. The average Bonchev–Trinajstić information content (AvgIpc) is 2.75. The second-order valence-corrected chi connectivity index (χ2v) is 8.17. The van der Waals surface area contributed by atoms with E-state index in [9.17, 15) is 13.2 Å². The van der Waals surface area contributed by atoms with Crippen molar-refractivity contribution in [1.82, 2.24) is 4.57 Å². The first-order valence-corrected chi connectivity index (χ1v) is 9.46. The van der Waals surface area contributed by atoms with Gasteiger partial charge in [0, 0.05) is 7.05 Å². The van der Waals surface area contributed by atoms with Crippen LogP contribution in [-0.4, -0.2) is 13.0 Å².